The normalized spacial score (nSPS) is 19.1. The Kier molecular flexibility index (Phi) is 5.25. The van der Waals surface area contributed by atoms with Crippen molar-refractivity contribution in [2.24, 2.45) is 5.92 Å². The van der Waals surface area contributed by atoms with E-state index >= 15 is 0 Å². The third-order valence-corrected chi connectivity index (χ3v) is 3.31. The standard InChI is InChI=1S/C12H23F3N2/c1-9(2)10(3)16-6-7-17(11-4-5-11)8-12(13,14)15/h9-11,16H,4-8H2,1-3H3. The summed E-state index contributed by atoms with van der Waals surface area (Å²) in [6, 6.07) is 0.509. The fourth-order valence-electron chi connectivity index (χ4n) is 1.73. The molecule has 0 radical (unpaired) electrons. The van der Waals surface area contributed by atoms with Gasteiger partial charge in [0.15, 0.2) is 0 Å². The largest absolute Gasteiger partial charge is 0.401 e. The average Bonchev–Trinajstić information content (AvgIpc) is 2.96. The van der Waals surface area contributed by atoms with Crippen LogP contribution in [0.25, 0.3) is 0 Å². The molecule has 0 saturated heterocycles. The van der Waals surface area contributed by atoms with Gasteiger partial charge in [0.25, 0.3) is 0 Å². The van der Waals surface area contributed by atoms with E-state index in [2.05, 4.69) is 26.1 Å². The van der Waals surface area contributed by atoms with Crippen molar-refractivity contribution in [1.82, 2.24) is 10.2 Å². The molecule has 1 rings (SSSR count). The second-order valence-corrected chi connectivity index (χ2v) is 5.30. The molecule has 102 valence electrons. The van der Waals surface area contributed by atoms with E-state index in [1.807, 2.05) is 0 Å². The lowest BCUT2D eigenvalue weighted by atomic mass is 10.1. The second kappa shape index (κ2) is 6.05. The van der Waals surface area contributed by atoms with Gasteiger partial charge in [0, 0.05) is 25.2 Å². The maximum absolute atomic E-state index is 12.3. The summed E-state index contributed by atoms with van der Waals surface area (Å²) < 4.78 is 37.0. The van der Waals surface area contributed by atoms with Gasteiger partial charge in [-0.25, -0.2) is 0 Å². The number of nitrogens with one attached hydrogen (secondary N) is 1. The lowest BCUT2D eigenvalue weighted by Gasteiger charge is -2.25. The van der Waals surface area contributed by atoms with Gasteiger partial charge in [-0.2, -0.15) is 13.2 Å². The fourth-order valence-corrected chi connectivity index (χ4v) is 1.73. The van der Waals surface area contributed by atoms with Gasteiger partial charge in [0.2, 0.25) is 0 Å². The summed E-state index contributed by atoms with van der Waals surface area (Å²) in [4.78, 5) is 1.56. The van der Waals surface area contributed by atoms with Crippen molar-refractivity contribution in [2.45, 2.75) is 51.9 Å². The zero-order chi connectivity index (χ0) is 13.1. The predicted octanol–water partition coefficient (Wildman–Crippen LogP) is 2.65. The number of hydrogen-bond donors (Lipinski definition) is 1. The molecule has 1 aliphatic carbocycles. The third-order valence-electron chi connectivity index (χ3n) is 3.31. The lowest BCUT2D eigenvalue weighted by molar-refractivity contribution is -0.147. The Morgan fingerprint density at radius 2 is 1.82 bits per heavy atom. The van der Waals surface area contributed by atoms with Crippen LogP contribution in [0.4, 0.5) is 13.2 Å². The van der Waals surface area contributed by atoms with Crippen molar-refractivity contribution in [3.8, 4) is 0 Å². The zero-order valence-corrected chi connectivity index (χ0v) is 10.8. The maximum atomic E-state index is 12.3. The van der Waals surface area contributed by atoms with Gasteiger partial charge in [0.05, 0.1) is 6.54 Å². The van der Waals surface area contributed by atoms with Crippen LogP contribution < -0.4 is 5.32 Å². The Hall–Kier alpha value is -0.290. The van der Waals surface area contributed by atoms with Gasteiger partial charge in [-0.05, 0) is 25.7 Å². The van der Waals surface area contributed by atoms with Gasteiger partial charge in [-0.15, -0.1) is 0 Å². The van der Waals surface area contributed by atoms with Gasteiger partial charge in [-0.1, -0.05) is 13.8 Å². The van der Waals surface area contributed by atoms with Crippen LogP contribution in [0.5, 0.6) is 0 Å². The molecule has 2 nitrogen and oxygen atoms in total. The highest BCUT2D eigenvalue weighted by molar-refractivity contribution is 4.86. The quantitative estimate of drug-likeness (QED) is 0.749. The summed E-state index contributed by atoms with van der Waals surface area (Å²) >= 11 is 0. The summed E-state index contributed by atoms with van der Waals surface area (Å²) in [6.45, 7) is 6.62. The van der Waals surface area contributed by atoms with Crippen molar-refractivity contribution in [1.29, 1.82) is 0 Å². The molecule has 1 saturated carbocycles. The number of rotatable bonds is 7. The van der Waals surface area contributed by atoms with E-state index in [-0.39, 0.29) is 6.04 Å². The molecule has 1 unspecified atom stereocenters. The highest BCUT2D eigenvalue weighted by Crippen LogP contribution is 2.29. The second-order valence-electron chi connectivity index (χ2n) is 5.30. The Morgan fingerprint density at radius 1 is 1.24 bits per heavy atom. The van der Waals surface area contributed by atoms with Crippen LogP contribution in [0.3, 0.4) is 0 Å². The topological polar surface area (TPSA) is 15.3 Å². The predicted molar refractivity (Wildman–Crippen MR) is 63.0 cm³/mol. The van der Waals surface area contributed by atoms with Crippen molar-refractivity contribution in [3.05, 3.63) is 0 Å². The minimum absolute atomic E-state index is 0.160. The Balaban J connectivity index is 2.26. The van der Waals surface area contributed by atoms with Crippen LogP contribution in [-0.2, 0) is 0 Å². The molecule has 0 aromatic rings. The molecule has 1 aliphatic rings. The van der Waals surface area contributed by atoms with Crippen LogP contribution in [0.1, 0.15) is 33.6 Å². The van der Waals surface area contributed by atoms with Crippen molar-refractivity contribution >= 4 is 0 Å². The Morgan fingerprint density at radius 3 is 2.24 bits per heavy atom. The molecular formula is C12H23F3N2. The van der Waals surface area contributed by atoms with Crippen LogP contribution in [-0.4, -0.2) is 42.8 Å². The molecule has 0 amide bonds. The first kappa shape index (κ1) is 14.8. The highest BCUT2D eigenvalue weighted by Gasteiger charge is 2.37. The number of hydrogen-bond acceptors (Lipinski definition) is 2. The van der Waals surface area contributed by atoms with Gasteiger partial charge < -0.3 is 5.32 Å². The highest BCUT2D eigenvalue weighted by atomic mass is 19.4. The van der Waals surface area contributed by atoms with Gasteiger partial charge >= 0.3 is 6.18 Å². The van der Waals surface area contributed by atoms with Gasteiger partial charge in [0.1, 0.15) is 0 Å². The van der Waals surface area contributed by atoms with E-state index in [9.17, 15) is 13.2 Å². The van der Waals surface area contributed by atoms with Crippen molar-refractivity contribution < 1.29 is 13.2 Å². The maximum Gasteiger partial charge on any atom is 0.401 e. The molecule has 0 heterocycles. The van der Waals surface area contributed by atoms with E-state index in [0.29, 0.717) is 25.0 Å². The third kappa shape index (κ3) is 6.27. The van der Waals surface area contributed by atoms with E-state index in [0.717, 1.165) is 12.8 Å². The molecule has 1 fully saturated rings. The lowest BCUT2D eigenvalue weighted by Crippen LogP contribution is -2.42. The zero-order valence-electron chi connectivity index (χ0n) is 10.8. The summed E-state index contributed by atoms with van der Waals surface area (Å²) in [5.74, 6) is 0.506. The summed E-state index contributed by atoms with van der Waals surface area (Å²) in [5, 5.41) is 3.27. The summed E-state index contributed by atoms with van der Waals surface area (Å²) in [5.41, 5.74) is 0. The first-order valence-corrected chi connectivity index (χ1v) is 6.34. The van der Waals surface area contributed by atoms with Crippen LogP contribution in [0.15, 0.2) is 0 Å². The van der Waals surface area contributed by atoms with E-state index in [4.69, 9.17) is 0 Å². The first-order chi connectivity index (χ1) is 7.79. The van der Waals surface area contributed by atoms with E-state index in [1.165, 1.54) is 0 Å². The first-order valence-electron chi connectivity index (χ1n) is 6.34. The smallest absolute Gasteiger partial charge is 0.313 e. The molecule has 17 heavy (non-hydrogen) atoms. The Bertz CT molecular complexity index is 224. The average molecular weight is 252 g/mol. The van der Waals surface area contributed by atoms with Crippen molar-refractivity contribution in [3.63, 3.8) is 0 Å². The minimum atomic E-state index is -4.08. The van der Waals surface area contributed by atoms with Crippen molar-refractivity contribution in [2.75, 3.05) is 19.6 Å². The molecule has 0 spiro atoms. The summed E-state index contributed by atoms with van der Waals surface area (Å²) in [6.07, 6.45) is -2.25. The van der Waals surface area contributed by atoms with E-state index < -0.39 is 12.7 Å². The molecule has 1 atom stereocenters. The Labute approximate surface area is 102 Å². The van der Waals surface area contributed by atoms with Gasteiger partial charge in [-0.3, -0.25) is 4.90 Å². The fraction of sp³-hybridized carbons (Fsp3) is 1.00. The summed E-state index contributed by atoms with van der Waals surface area (Å²) in [7, 11) is 0. The van der Waals surface area contributed by atoms with Crippen LogP contribution >= 0.6 is 0 Å². The number of halogens is 3. The monoisotopic (exact) mass is 252 g/mol. The molecule has 0 aliphatic heterocycles. The number of alkyl halides is 3. The van der Waals surface area contributed by atoms with Crippen LogP contribution in [0.2, 0.25) is 0 Å². The number of nitrogens with zero attached hydrogens (tertiary/aromatic N) is 1. The SMILES string of the molecule is CC(C)C(C)NCCN(CC(F)(F)F)C1CC1. The van der Waals surface area contributed by atoms with E-state index in [1.54, 1.807) is 4.90 Å². The molecule has 0 bridgehead atoms. The molecule has 1 N–H and O–H groups in total. The van der Waals surface area contributed by atoms with Crippen LogP contribution in [0, 0.1) is 5.92 Å². The minimum Gasteiger partial charge on any atom is -0.313 e. The molecule has 0 aromatic carbocycles. The molecule has 5 heteroatoms. The molecular weight excluding hydrogens is 229 g/mol. The molecule has 0 aromatic heterocycles.